The van der Waals surface area contributed by atoms with Gasteiger partial charge in [-0.25, -0.2) is 0 Å². The summed E-state index contributed by atoms with van der Waals surface area (Å²) in [6.45, 7) is 4.03. The zero-order valence-electron chi connectivity index (χ0n) is 11.3. The molecule has 1 amide bonds. The molecule has 102 valence electrons. The predicted molar refractivity (Wildman–Crippen MR) is 81.0 cm³/mol. The van der Waals surface area contributed by atoms with Crippen LogP contribution in [0.4, 0.5) is 0 Å². The number of benzene rings is 1. The van der Waals surface area contributed by atoms with Gasteiger partial charge in [0.15, 0.2) is 0 Å². The molecular formula is C15H20N2OS. The summed E-state index contributed by atoms with van der Waals surface area (Å²) in [5.41, 5.74) is 7.41. The number of piperidine rings is 1. The van der Waals surface area contributed by atoms with Crippen LogP contribution >= 0.6 is 12.2 Å². The average molecular weight is 276 g/mol. The number of hydrogen-bond donors (Lipinski definition) is 1. The van der Waals surface area contributed by atoms with Crippen LogP contribution in [0.2, 0.25) is 0 Å². The van der Waals surface area contributed by atoms with Crippen LogP contribution in [0.1, 0.15) is 30.9 Å². The van der Waals surface area contributed by atoms with Crippen LogP contribution in [0.3, 0.4) is 0 Å². The van der Waals surface area contributed by atoms with Crippen LogP contribution < -0.4 is 5.73 Å². The number of amides is 1. The number of hydrogen-bond acceptors (Lipinski definition) is 2. The fraction of sp³-hybridized carbons (Fsp3) is 0.467. The molecule has 1 aliphatic rings. The van der Waals surface area contributed by atoms with Gasteiger partial charge in [0.1, 0.15) is 4.99 Å². The molecule has 0 aromatic heterocycles. The summed E-state index contributed by atoms with van der Waals surface area (Å²) in [6, 6.07) is 7.62. The Hall–Kier alpha value is -1.42. The van der Waals surface area contributed by atoms with E-state index in [1.54, 1.807) is 0 Å². The van der Waals surface area contributed by atoms with Gasteiger partial charge < -0.3 is 10.6 Å². The monoisotopic (exact) mass is 276 g/mol. The number of nitrogens with zero attached hydrogens (tertiary/aromatic N) is 1. The summed E-state index contributed by atoms with van der Waals surface area (Å²) in [7, 11) is 0. The zero-order chi connectivity index (χ0) is 13.8. The van der Waals surface area contributed by atoms with Crippen molar-refractivity contribution in [1.82, 2.24) is 4.90 Å². The van der Waals surface area contributed by atoms with Gasteiger partial charge in [-0.15, -0.1) is 0 Å². The highest BCUT2D eigenvalue weighted by atomic mass is 32.1. The van der Waals surface area contributed by atoms with Crippen LogP contribution in [-0.4, -0.2) is 28.9 Å². The van der Waals surface area contributed by atoms with Gasteiger partial charge in [-0.1, -0.05) is 43.4 Å². The molecule has 1 heterocycles. The molecule has 1 fully saturated rings. The highest BCUT2D eigenvalue weighted by molar-refractivity contribution is 7.80. The SMILES string of the molecule is CC1CCN(C(=O)Cc2ccc(C(N)=S)cc2)CC1. The van der Waals surface area contributed by atoms with Crippen molar-refractivity contribution in [3.8, 4) is 0 Å². The van der Waals surface area contributed by atoms with E-state index in [4.69, 9.17) is 18.0 Å². The van der Waals surface area contributed by atoms with E-state index in [2.05, 4.69) is 6.92 Å². The Morgan fingerprint density at radius 2 is 1.89 bits per heavy atom. The third-order valence-corrected chi connectivity index (χ3v) is 3.97. The van der Waals surface area contributed by atoms with Crippen molar-refractivity contribution in [3.05, 3.63) is 35.4 Å². The van der Waals surface area contributed by atoms with E-state index in [1.165, 1.54) is 0 Å². The lowest BCUT2D eigenvalue weighted by molar-refractivity contribution is -0.131. The van der Waals surface area contributed by atoms with E-state index in [0.717, 1.165) is 43.0 Å². The first-order valence-corrected chi connectivity index (χ1v) is 7.13. The summed E-state index contributed by atoms with van der Waals surface area (Å²) in [6.07, 6.45) is 2.70. The van der Waals surface area contributed by atoms with Crippen LogP contribution in [0.25, 0.3) is 0 Å². The fourth-order valence-electron chi connectivity index (χ4n) is 2.33. The van der Waals surface area contributed by atoms with Crippen molar-refractivity contribution in [2.24, 2.45) is 11.7 Å². The van der Waals surface area contributed by atoms with Crippen molar-refractivity contribution in [2.45, 2.75) is 26.2 Å². The lowest BCUT2D eigenvalue weighted by Crippen LogP contribution is -2.38. The average Bonchev–Trinajstić information content (AvgIpc) is 2.40. The Kier molecular flexibility index (Phi) is 4.53. The standard InChI is InChI=1S/C15H20N2OS/c1-11-6-8-17(9-7-11)14(18)10-12-2-4-13(5-3-12)15(16)19/h2-5,11H,6-10H2,1H3,(H2,16,19). The van der Waals surface area contributed by atoms with Crippen molar-refractivity contribution < 1.29 is 4.79 Å². The minimum atomic E-state index is 0.218. The minimum Gasteiger partial charge on any atom is -0.389 e. The van der Waals surface area contributed by atoms with Crippen LogP contribution in [0, 0.1) is 5.92 Å². The first kappa shape index (κ1) is 14.0. The molecule has 3 nitrogen and oxygen atoms in total. The molecule has 1 saturated heterocycles. The molecule has 0 atom stereocenters. The maximum atomic E-state index is 12.2. The van der Waals surface area contributed by atoms with Gasteiger partial charge in [0, 0.05) is 18.7 Å². The largest absolute Gasteiger partial charge is 0.389 e. The molecule has 4 heteroatoms. The van der Waals surface area contributed by atoms with E-state index in [1.807, 2.05) is 29.2 Å². The number of rotatable bonds is 3. The molecule has 1 aromatic carbocycles. The van der Waals surface area contributed by atoms with Gasteiger partial charge in [0.25, 0.3) is 0 Å². The Morgan fingerprint density at radius 3 is 2.42 bits per heavy atom. The molecule has 1 aromatic rings. The van der Waals surface area contributed by atoms with E-state index in [9.17, 15) is 4.79 Å². The van der Waals surface area contributed by atoms with Gasteiger partial charge in [-0.05, 0) is 24.3 Å². The highest BCUT2D eigenvalue weighted by Gasteiger charge is 2.20. The zero-order valence-corrected chi connectivity index (χ0v) is 12.1. The minimum absolute atomic E-state index is 0.218. The van der Waals surface area contributed by atoms with Crippen molar-refractivity contribution in [2.75, 3.05) is 13.1 Å². The molecule has 2 N–H and O–H groups in total. The summed E-state index contributed by atoms with van der Waals surface area (Å²) in [4.78, 5) is 14.5. The summed E-state index contributed by atoms with van der Waals surface area (Å²) in [5.74, 6) is 0.962. The van der Waals surface area contributed by atoms with Crippen LogP contribution in [0.15, 0.2) is 24.3 Å². The Morgan fingerprint density at radius 1 is 1.32 bits per heavy atom. The molecule has 0 radical (unpaired) electrons. The lowest BCUT2D eigenvalue weighted by atomic mass is 9.98. The lowest BCUT2D eigenvalue weighted by Gasteiger charge is -2.30. The van der Waals surface area contributed by atoms with E-state index in [-0.39, 0.29) is 5.91 Å². The van der Waals surface area contributed by atoms with Gasteiger partial charge in [-0.3, -0.25) is 4.79 Å². The second-order valence-electron chi connectivity index (χ2n) is 5.30. The van der Waals surface area contributed by atoms with Gasteiger partial charge >= 0.3 is 0 Å². The van der Waals surface area contributed by atoms with E-state index >= 15 is 0 Å². The topological polar surface area (TPSA) is 46.3 Å². The quantitative estimate of drug-likeness (QED) is 0.860. The molecule has 19 heavy (non-hydrogen) atoms. The number of carbonyl (C=O) groups excluding carboxylic acids is 1. The molecule has 1 aliphatic heterocycles. The molecule has 0 aliphatic carbocycles. The number of carbonyl (C=O) groups is 1. The van der Waals surface area contributed by atoms with Crippen LogP contribution in [-0.2, 0) is 11.2 Å². The third kappa shape index (κ3) is 3.77. The maximum Gasteiger partial charge on any atom is 0.226 e. The molecule has 0 bridgehead atoms. The smallest absolute Gasteiger partial charge is 0.226 e. The predicted octanol–water partition coefficient (Wildman–Crippen LogP) is 2.12. The fourth-order valence-corrected chi connectivity index (χ4v) is 2.47. The molecule has 0 saturated carbocycles. The number of likely N-dealkylation sites (tertiary alicyclic amines) is 1. The first-order valence-electron chi connectivity index (χ1n) is 6.73. The Balaban J connectivity index is 1.93. The van der Waals surface area contributed by atoms with Crippen LogP contribution in [0.5, 0.6) is 0 Å². The maximum absolute atomic E-state index is 12.2. The molecule has 0 spiro atoms. The van der Waals surface area contributed by atoms with Gasteiger partial charge in [0.05, 0.1) is 6.42 Å². The summed E-state index contributed by atoms with van der Waals surface area (Å²) >= 11 is 4.91. The number of nitrogens with two attached hydrogens (primary N) is 1. The van der Waals surface area contributed by atoms with Gasteiger partial charge in [0.2, 0.25) is 5.91 Å². The Labute approximate surface area is 119 Å². The van der Waals surface area contributed by atoms with Gasteiger partial charge in [-0.2, -0.15) is 0 Å². The van der Waals surface area contributed by atoms with Crippen molar-refractivity contribution in [1.29, 1.82) is 0 Å². The van der Waals surface area contributed by atoms with Crippen molar-refractivity contribution >= 4 is 23.1 Å². The number of thiocarbonyl (C=S) groups is 1. The summed E-state index contributed by atoms with van der Waals surface area (Å²) in [5, 5.41) is 0. The molecular weight excluding hydrogens is 256 g/mol. The second-order valence-corrected chi connectivity index (χ2v) is 5.74. The van der Waals surface area contributed by atoms with Crippen molar-refractivity contribution in [3.63, 3.8) is 0 Å². The molecule has 2 rings (SSSR count). The normalized spacial score (nSPS) is 16.4. The third-order valence-electron chi connectivity index (χ3n) is 3.73. The first-order chi connectivity index (χ1) is 9.06. The van der Waals surface area contributed by atoms with E-state index in [0.29, 0.717) is 11.4 Å². The Bertz CT molecular complexity index is 462. The summed E-state index contributed by atoms with van der Waals surface area (Å²) < 4.78 is 0. The highest BCUT2D eigenvalue weighted by Crippen LogP contribution is 2.17. The molecule has 0 unspecified atom stereocenters. The second kappa shape index (κ2) is 6.15. The van der Waals surface area contributed by atoms with E-state index < -0.39 is 0 Å².